The van der Waals surface area contributed by atoms with Gasteiger partial charge in [0.1, 0.15) is 0 Å². The first kappa shape index (κ1) is 11.0. The molecule has 3 rings (SSSR count). The highest BCUT2D eigenvalue weighted by molar-refractivity contribution is 7.14. The number of aromatic nitrogens is 1. The third kappa shape index (κ3) is 1.62. The Hall–Kier alpha value is -2.07. The van der Waals surface area contributed by atoms with Gasteiger partial charge in [0.15, 0.2) is 0 Å². The van der Waals surface area contributed by atoms with Gasteiger partial charge in [-0.05, 0) is 19.1 Å². The molecule has 2 N–H and O–H groups in total. The first-order valence-corrected chi connectivity index (χ1v) is 6.44. The van der Waals surface area contributed by atoms with E-state index in [9.17, 15) is 4.79 Å². The van der Waals surface area contributed by atoms with Crippen LogP contribution in [0.3, 0.4) is 0 Å². The number of carboxylic acid groups (broad SMARTS) is 1. The second-order valence-electron chi connectivity index (χ2n) is 4.18. The lowest BCUT2D eigenvalue weighted by Gasteiger charge is -1.96. The summed E-state index contributed by atoms with van der Waals surface area (Å²) in [6.07, 6.45) is 0. The van der Waals surface area contributed by atoms with Crippen LogP contribution in [0.5, 0.6) is 0 Å². The Morgan fingerprint density at radius 3 is 2.83 bits per heavy atom. The van der Waals surface area contributed by atoms with Gasteiger partial charge in [0.2, 0.25) is 0 Å². The number of nitrogens with one attached hydrogen (secondary N) is 1. The van der Waals surface area contributed by atoms with Crippen molar-refractivity contribution in [1.82, 2.24) is 4.98 Å². The van der Waals surface area contributed by atoms with E-state index in [1.54, 1.807) is 11.4 Å². The monoisotopic (exact) mass is 257 g/mol. The van der Waals surface area contributed by atoms with Crippen molar-refractivity contribution in [3.05, 3.63) is 47.0 Å². The summed E-state index contributed by atoms with van der Waals surface area (Å²) in [6, 6.07) is 9.78. The Morgan fingerprint density at radius 2 is 2.11 bits per heavy atom. The summed E-state index contributed by atoms with van der Waals surface area (Å²) in [4.78, 5) is 15.2. The number of carboxylic acids is 1. The van der Waals surface area contributed by atoms with Crippen molar-refractivity contribution in [3.8, 4) is 10.4 Å². The molecule has 3 nitrogen and oxygen atoms in total. The van der Waals surface area contributed by atoms with Gasteiger partial charge in [-0.3, -0.25) is 0 Å². The average Bonchev–Trinajstić information content (AvgIpc) is 2.91. The lowest BCUT2D eigenvalue weighted by Crippen LogP contribution is -1.91. The van der Waals surface area contributed by atoms with Crippen LogP contribution in [0.15, 0.2) is 35.7 Å². The quantitative estimate of drug-likeness (QED) is 0.731. The number of benzene rings is 1. The first-order chi connectivity index (χ1) is 8.66. The molecule has 3 aromatic rings. The second kappa shape index (κ2) is 3.99. The van der Waals surface area contributed by atoms with Crippen molar-refractivity contribution in [3.63, 3.8) is 0 Å². The third-order valence-electron chi connectivity index (χ3n) is 2.99. The maximum Gasteiger partial charge on any atom is 0.336 e. The summed E-state index contributed by atoms with van der Waals surface area (Å²) in [5, 5.41) is 11.8. The normalized spacial score (nSPS) is 10.9. The van der Waals surface area contributed by atoms with Crippen LogP contribution in [-0.4, -0.2) is 16.1 Å². The summed E-state index contributed by atoms with van der Waals surface area (Å²) in [6.45, 7) is 2.01. The van der Waals surface area contributed by atoms with E-state index in [-0.39, 0.29) is 0 Å². The van der Waals surface area contributed by atoms with Crippen LogP contribution in [0.4, 0.5) is 0 Å². The molecule has 2 heterocycles. The zero-order chi connectivity index (χ0) is 12.7. The van der Waals surface area contributed by atoms with Crippen molar-refractivity contribution in [2.75, 3.05) is 0 Å². The number of carbonyl (C=O) groups is 1. The van der Waals surface area contributed by atoms with Gasteiger partial charge >= 0.3 is 5.97 Å². The minimum Gasteiger partial charge on any atom is -0.478 e. The summed E-state index contributed by atoms with van der Waals surface area (Å²) in [5.74, 6) is -0.880. The number of H-pyrrole nitrogens is 1. The number of para-hydroxylation sites is 1. The molecule has 0 spiro atoms. The molecule has 1 aromatic carbocycles. The molecule has 0 aliphatic heterocycles. The molecule has 90 valence electrons. The molecular formula is C14H11NO2S. The lowest BCUT2D eigenvalue weighted by molar-refractivity contribution is 0.0697. The minimum atomic E-state index is -0.880. The number of aromatic amines is 1. The molecule has 0 fully saturated rings. The zero-order valence-corrected chi connectivity index (χ0v) is 10.5. The summed E-state index contributed by atoms with van der Waals surface area (Å²) < 4.78 is 0. The third-order valence-corrected chi connectivity index (χ3v) is 3.93. The number of hydrogen-bond donors (Lipinski definition) is 2. The Bertz CT molecular complexity index is 739. The van der Waals surface area contributed by atoms with Crippen LogP contribution < -0.4 is 0 Å². The number of rotatable bonds is 2. The minimum absolute atomic E-state index is 0.347. The molecule has 0 bridgehead atoms. The number of aryl methyl sites for hydroxylation is 1. The molecular weight excluding hydrogens is 246 g/mol. The number of aromatic carboxylic acids is 1. The molecule has 2 aromatic heterocycles. The van der Waals surface area contributed by atoms with Crippen LogP contribution in [0.1, 0.15) is 16.1 Å². The van der Waals surface area contributed by atoms with Gasteiger partial charge < -0.3 is 10.1 Å². The summed E-state index contributed by atoms with van der Waals surface area (Å²) in [7, 11) is 0. The number of hydrogen-bond acceptors (Lipinski definition) is 2. The van der Waals surface area contributed by atoms with E-state index in [0.717, 1.165) is 27.0 Å². The Kier molecular flexibility index (Phi) is 2.45. The Labute approximate surface area is 108 Å². The topological polar surface area (TPSA) is 53.1 Å². The number of fused-ring (bicyclic) bond motifs is 1. The molecule has 0 saturated heterocycles. The van der Waals surface area contributed by atoms with Crippen molar-refractivity contribution in [2.45, 2.75) is 6.92 Å². The van der Waals surface area contributed by atoms with E-state index in [2.05, 4.69) is 4.98 Å². The molecule has 0 atom stereocenters. The van der Waals surface area contributed by atoms with Gasteiger partial charge in [-0.1, -0.05) is 18.2 Å². The summed E-state index contributed by atoms with van der Waals surface area (Å²) in [5.41, 5.74) is 3.59. The predicted molar refractivity (Wildman–Crippen MR) is 73.3 cm³/mol. The maximum absolute atomic E-state index is 10.9. The fourth-order valence-electron chi connectivity index (χ4n) is 2.17. The molecule has 0 unspecified atom stereocenters. The van der Waals surface area contributed by atoms with Crippen LogP contribution in [0.2, 0.25) is 0 Å². The van der Waals surface area contributed by atoms with Crippen molar-refractivity contribution in [1.29, 1.82) is 0 Å². The van der Waals surface area contributed by atoms with E-state index in [1.807, 2.05) is 31.2 Å². The fraction of sp³-hybridized carbons (Fsp3) is 0.0714. The maximum atomic E-state index is 10.9. The van der Waals surface area contributed by atoms with Crippen LogP contribution >= 0.6 is 11.3 Å². The molecule has 0 radical (unpaired) electrons. The van der Waals surface area contributed by atoms with Crippen LogP contribution in [0, 0.1) is 6.92 Å². The largest absolute Gasteiger partial charge is 0.478 e. The van der Waals surface area contributed by atoms with E-state index in [1.165, 1.54) is 11.3 Å². The van der Waals surface area contributed by atoms with Crippen LogP contribution in [0.25, 0.3) is 21.3 Å². The molecule has 18 heavy (non-hydrogen) atoms. The standard InChI is InChI=1S/C14H11NO2S/c1-8-13(10-4-2-3-5-11(10)15-8)12-6-9(7-18-12)14(16)17/h2-7,15H,1H3,(H,16,17). The Morgan fingerprint density at radius 1 is 1.33 bits per heavy atom. The van der Waals surface area contributed by atoms with E-state index < -0.39 is 5.97 Å². The van der Waals surface area contributed by atoms with Gasteiger partial charge in [-0.25, -0.2) is 4.79 Å². The molecule has 0 aliphatic carbocycles. The van der Waals surface area contributed by atoms with Crippen molar-refractivity contribution >= 4 is 28.2 Å². The lowest BCUT2D eigenvalue weighted by atomic mass is 10.1. The van der Waals surface area contributed by atoms with E-state index in [4.69, 9.17) is 5.11 Å². The summed E-state index contributed by atoms with van der Waals surface area (Å²) >= 11 is 1.46. The molecule has 4 heteroatoms. The zero-order valence-electron chi connectivity index (χ0n) is 9.73. The first-order valence-electron chi connectivity index (χ1n) is 5.56. The van der Waals surface area contributed by atoms with E-state index >= 15 is 0 Å². The smallest absolute Gasteiger partial charge is 0.336 e. The second-order valence-corrected chi connectivity index (χ2v) is 5.09. The van der Waals surface area contributed by atoms with Crippen molar-refractivity contribution < 1.29 is 9.90 Å². The van der Waals surface area contributed by atoms with Gasteiger partial charge in [-0.15, -0.1) is 11.3 Å². The highest BCUT2D eigenvalue weighted by atomic mass is 32.1. The van der Waals surface area contributed by atoms with Crippen molar-refractivity contribution in [2.24, 2.45) is 0 Å². The molecule has 0 saturated carbocycles. The van der Waals surface area contributed by atoms with Gasteiger partial charge in [0.05, 0.1) is 5.56 Å². The molecule has 0 aliphatic rings. The molecule has 0 amide bonds. The van der Waals surface area contributed by atoms with Gasteiger partial charge in [0.25, 0.3) is 0 Å². The fourth-order valence-corrected chi connectivity index (χ4v) is 3.17. The highest BCUT2D eigenvalue weighted by Gasteiger charge is 2.14. The highest BCUT2D eigenvalue weighted by Crippen LogP contribution is 2.35. The van der Waals surface area contributed by atoms with Crippen LogP contribution in [-0.2, 0) is 0 Å². The average molecular weight is 257 g/mol. The Balaban J connectivity index is 2.24. The van der Waals surface area contributed by atoms with E-state index in [0.29, 0.717) is 5.56 Å². The predicted octanol–water partition coefficient (Wildman–Crippen LogP) is 3.90. The van der Waals surface area contributed by atoms with Gasteiger partial charge in [0, 0.05) is 32.4 Å². The van der Waals surface area contributed by atoms with Gasteiger partial charge in [-0.2, -0.15) is 0 Å². The SMILES string of the molecule is Cc1[nH]c2ccccc2c1-c1cc(C(=O)O)cs1. The number of thiophene rings is 1.